The molecule has 1 aromatic carbocycles. The molecule has 0 fully saturated rings. The van der Waals surface area contributed by atoms with Crippen molar-refractivity contribution < 1.29 is 9.90 Å². The summed E-state index contributed by atoms with van der Waals surface area (Å²) >= 11 is 1.84. The van der Waals surface area contributed by atoms with Crippen LogP contribution in [-0.4, -0.2) is 29.0 Å². The molecule has 0 aliphatic rings. The van der Waals surface area contributed by atoms with Gasteiger partial charge >= 0.3 is 6.03 Å². The van der Waals surface area contributed by atoms with Crippen molar-refractivity contribution >= 4 is 23.5 Å². The quantitative estimate of drug-likeness (QED) is 0.724. The summed E-state index contributed by atoms with van der Waals surface area (Å²) in [6.45, 7) is 5.80. The Labute approximate surface area is 125 Å². The number of amides is 2. The SMILES string of the molecule is CCSCc1cccc(NC(=O)NC(C)(CC)CO)c1. The zero-order valence-corrected chi connectivity index (χ0v) is 13.2. The number of nitrogens with one attached hydrogen (secondary N) is 2. The van der Waals surface area contributed by atoms with Crippen molar-refractivity contribution in [2.45, 2.75) is 38.5 Å². The lowest BCUT2D eigenvalue weighted by Gasteiger charge is -2.27. The number of rotatable bonds is 7. The Morgan fingerprint density at radius 2 is 2.15 bits per heavy atom. The number of thioether (sulfide) groups is 1. The normalized spacial score (nSPS) is 13.6. The van der Waals surface area contributed by atoms with Crippen LogP contribution in [0.2, 0.25) is 0 Å². The first-order valence-corrected chi connectivity index (χ1v) is 8.05. The Morgan fingerprint density at radius 3 is 2.75 bits per heavy atom. The highest BCUT2D eigenvalue weighted by Gasteiger charge is 2.23. The fourth-order valence-corrected chi connectivity index (χ4v) is 2.25. The van der Waals surface area contributed by atoms with Crippen molar-refractivity contribution in [3.05, 3.63) is 29.8 Å². The van der Waals surface area contributed by atoms with Crippen LogP contribution in [0.15, 0.2) is 24.3 Å². The second-order valence-corrected chi connectivity index (χ2v) is 6.26. The highest BCUT2D eigenvalue weighted by Crippen LogP contribution is 2.16. The molecule has 0 saturated heterocycles. The van der Waals surface area contributed by atoms with Crippen LogP contribution < -0.4 is 10.6 Å². The van der Waals surface area contributed by atoms with Crippen LogP contribution in [0.4, 0.5) is 10.5 Å². The first kappa shape index (κ1) is 16.9. The largest absolute Gasteiger partial charge is 0.394 e. The Morgan fingerprint density at radius 1 is 1.40 bits per heavy atom. The van der Waals surface area contributed by atoms with Crippen molar-refractivity contribution in [3.63, 3.8) is 0 Å². The third-order valence-corrected chi connectivity index (χ3v) is 4.15. The van der Waals surface area contributed by atoms with Crippen LogP contribution in [0.3, 0.4) is 0 Å². The average molecular weight is 296 g/mol. The smallest absolute Gasteiger partial charge is 0.319 e. The average Bonchev–Trinajstić information content (AvgIpc) is 2.45. The van der Waals surface area contributed by atoms with Crippen LogP contribution in [0, 0.1) is 0 Å². The molecular weight excluding hydrogens is 272 g/mol. The lowest BCUT2D eigenvalue weighted by molar-refractivity contribution is 0.172. The van der Waals surface area contributed by atoms with Crippen molar-refractivity contribution in [1.82, 2.24) is 5.32 Å². The summed E-state index contributed by atoms with van der Waals surface area (Å²) < 4.78 is 0. The number of carbonyl (C=O) groups excluding carboxylic acids is 1. The number of hydrogen-bond acceptors (Lipinski definition) is 3. The van der Waals surface area contributed by atoms with Crippen LogP contribution in [-0.2, 0) is 5.75 Å². The third kappa shape index (κ3) is 5.43. The number of anilines is 1. The van der Waals surface area contributed by atoms with Crippen molar-refractivity contribution in [1.29, 1.82) is 0 Å². The zero-order chi connectivity index (χ0) is 15.0. The summed E-state index contributed by atoms with van der Waals surface area (Å²) in [6, 6.07) is 7.54. The van der Waals surface area contributed by atoms with E-state index in [1.54, 1.807) is 0 Å². The number of benzene rings is 1. The van der Waals surface area contributed by atoms with E-state index in [0.717, 1.165) is 17.2 Å². The minimum absolute atomic E-state index is 0.0793. The van der Waals surface area contributed by atoms with Crippen LogP contribution in [0.1, 0.15) is 32.8 Å². The second-order valence-electron chi connectivity index (χ2n) is 4.99. The van der Waals surface area contributed by atoms with Gasteiger partial charge in [-0.05, 0) is 36.8 Å². The molecule has 5 heteroatoms. The first-order valence-electron chi connectivity index (χ1n) is 6.89. The molecule has 1 rings (SSSR count). The number of urea groups is 1. The highest BCUT2D eigenvalue weighted by molar-refractivity contribution is 7.98. The van der Waals surface area contributed by atoms with Crippen LogP contribution in [0.5, 0.6) is 0 Å². The van der Waals surface area contributed by atoms with E-state index in [-0.39, 0.29) is 12.6 Å². The molecule has 3 N–H and O–H groups in total. The number of aliphatic hydroxyl groups is 1. The van der Waals surface area contributed by atoms with Gasteiger partial charge in [-0.15, -0.1) is 0 Å². The van der Waals surface area contributed by atoms with Crippen molar-refractivity contribution in [3.8, 4) is 0 Å². The zero-order valence-electron chi connectivity index (χ0n) is 12.4. The molecule has 4 nitrogen and oxygen atoms in total. The minimum atomic E-state index is -0.584. The number of aliphatic hydroxyl groups excluding tert-OH is 1. The Hall–Kier alpha value is -1.20. The Bertz CT molecular complexity index is 434. The Kier molecular flexibility index (Phi) is 6.88. The number of hydrogen-bond donors (Lipinski definition) is 3. The van der Waals surface area contributed by atoms with Gasteiger partial charge in [0.2, 0.25) is 0 Å². The standard InChI is InChI=1S/C15H24N2O2S/c1-4-15(3,11-18)17-14(19)16-13-8-6-7-12(9-13)10-20-5-2/h6-9,18H,4-5,10-11H2,1-3H3,(H2,16,17,19). The minimum Gasteiger partial charge on any atom is -0.394 e. The molecule has 1 unspecified atom stereocenters. The molecule has 112 valence electrons. The maximum absolute atomic E-state index is 11.9. The lowest BCUT2D eigenvalue weighted by atomic mass is 10.0. The monoisotopic (exact) mass is 296 g/mol. The van der Waals surface area contributed by atoms with E-state index in [4.69, 9.17) is 0 Å². The molecule has 0 aliphatic carbocycles. The van der Waals surface area contributed by atoms with E-state index in [2.05, 4.69) is 23.6 Å². The van der Waals surface area contributed by atoms with E-state index in [1.165, 1.54) is 5.56 Å². The van der Waals surface area contributed by atoms with Gasteiger partial charge in [-0.3, -0.25) is 0 Å². The lowest BCUT2D eigenvalue weighted by Crippen LogP contribution is -2.50. The molecule has 20 heavy (non-hydrogen) atoms. The predicted octanol–water partition coefficient (Wildman–Crippen LogP) is 3.22. The van der Waals surface area contributed by atoms with Gasteiger partial charge in [-0.2, -0.15) is 11.8 Å². The van der Waals surface area contributed by atoms with Gasteiger partial charge in [-0.25, -0.2) is 4.79 Å². The third-order valence-electron chi connectivity index (χ3n) is 3.20. The van der Waals surface area contributed by atoms with Crippen LogP contribution >= 0.6 is 11.8 Å². The van der Waals surface area contributed by atoms with Gasteiger partial charge in [0.05, 0.1) is 12.1 Å². The van der Waals surface area contributed by atoms with E-state index in [0.29, 0.717) is 6.42 Å². The maximum Gasteiger partial charge on any atom is 0.319 e. The first-order chi connectivity index (χ1) is 9.53. The van der Waals surface area contributed by atoms with E-state index in [1.807, 2.05) is 43.8 Å². The molecule has 0 spiro atoms. The molecule has 0 heterocycles. The Balaban J connectivity index is 2.61. The maximum atomic E-state index is 11.9. The topological polar surface area (TPSA) is 61.4 Å². The van der Waals surface area contributed by atoms with E-state index in [9.17, 15) is 9.90 Å². The fourth-order valence-electron chi connectivity index (χ4n) is 1.63. The molecule has 0 radical (unpaired) electrons. The van der Waals surface area contributed by atoms with Crippen molar-refractivity contribution in [2.75, 3.05) is 17.7 Å². The molecule has 1 aromatic rings. The van der Waals surface area contributed by atoms with E-state index < -0.39 is 5.54 Å². The fraction of sp³-hybridized carbons (Fsp3) is 0.533. The molecule has 0 aromatic heterocycles. The predicted molar refractivity (Wildman–Crippen MR) is 86.2 cm³/mol. The van der Waals surface area contributed by atoms with Gasteiger partial charge in [0, 0.05) is 11.4 Å². The summed E-state index contributed by atoms with van der Waals surface area (Å²) in [5.74, 6) is 2.01. The van der Waals surface area contributed by atoms with Gasteiger partial charge in [0.1, 0.15) is 0 Å². The number of carbonyl (C=O) groups is 1. The van der Waals surface area contributed by atoms with Gasteiger partial charge in [0.15, 0.2) is 0 Å². The molecule has 0 saturated carbocycles. The highest BCUT2D eigenvalue weighted by atomic mass is 32.2. The molecular formula is C15H24N2O2S. The van der Waals surface area contributed by atoms with Gasteiger partial charge in [0.25, 0.3) is 0 Å². The molecule has 1 atom stereocenters. The molecule has 2 amide bonds. The van der Waals surface area contributed by atoms with Gasteiger partial charge < -0.3 is 15.7 Å². The van der Waals surface area contributed by atoms with E-state index >= 15 is 0 Å². The summed E-state index contributed by atoms with van der Waals surface area (Å²) in [4.78, 5) is 11.9. The molecule has 0 aliphatic heterocycles. The molecule has 0 bridgehead atoms. The summed E-state index contributed by atoms with van der Waals surface area (Å²) in [6.07, 6.45) is 0.671. The summed E-state index contributed by atoms with van der Waals surface area (Å²) in [5, 5.41) is 14.9. The van der Waals surface area contributed by atoms with Crippen molar-refractivity contribution in [2.24, 2.45) is 0 Å². The second kappa shape index (κ2) is 8.17. The van der Waals surface area contributed by atoms with Crippen LogP contribution in [0.25, 0.3) is 0 Å². The summed E-state index contributed by atoms with van der Waals surface area (Å²) in [5.41, 5.74) is 1.38. The summed E-state index contributed by atoms with van der Waals surface area (Å²) in [7, 11) is 0. The van der Waals surface area contributed by atoms with Gasteiger partial charge in [-0.1, -0.05) is 26.0 Å².